The summed E-state index contributed by atoms with van der Waals surface area (Å²) in [5.74, 6) is 0.796. The quantitative estimate of drug-likeness (QED) is 0.351. The van der Waals surface area contributed by atoms with Gasteiger partial charge in [-0.2, -0.15) is 0 Å². The number of fused-ring (bicyclic) bond motifs is 3. The number of methoxy groups -OCH3 is 1. The lowest BCUT2D eigenvalue weighted by molar-refractivity contribution is -0.145. The molecule has 29 heavy (non-hydrogen) atoms. The van der Waals surface area contributed by atoms with Gasteiger partial charge in [-0.15, -0.1) is 0 Å². The van der Waals surface area contributed by atoms with Crippen LogP contribution in [0.5, 0.6) is 11.5 Å². The number of aromatic nitrogens is 2. The molecular formula is C21H18N2O6. The first-order chi connectivity index (χ1) is 14.2. The average Bonchev–Trinajstić information content (AvgIpc) is 3.13. The molecule has 0 atom stereocenters. The molecule has 8 heteroatoms. The van der Waals surface area contributed by atoms with Crippen LogP contribution in [0.1, 0.15) is 0 Å². The van der Waals surface area contributed by atoms with Gasteiger partial charge in [-0.05, 0) is 36.4 Å². The Labute approximate surface area is 165 Å². The number of para-hydroxylation sites is 1. The van der Waals surface area contributed by atoms with Gasteiger partial charge in [0.2, 0.25) is 5.58 Å². The van der Waals surface area contributed by atoms with E-state index in [1.165, 1.54) is 6.33 Å². The van der Waals surface area contributed by atoms with E-state index in [4.69, 9.17) is 18.6 Å². The van der Waals surface area contributed by atoms with E-state index >= 15 is 0 Å². The van der Waals surface area contributed by atoms with Crippen molar-refractivity contribution < 1.29 is 23.4 Å². The van der Waals surface area contributed by atoms with Crippen molar-refractivity contribution in [3.63, 3.8) is 0 Å². The molecule has 0 fully saturated rings. The van der Waals surface area contributed by atoms with Crippen molar-refractivity contribution in [2.24, 2.45) is 0 Å². The van der Waals surface area contributed by atoms with Gasteiger partial charge in [-0.1, -0.05) is 12.1 Å². The summed E-state index contributed by atoms with van der Waals surface area (Å²) in [7, 11) is 1.59. The summed E-state index contributed by atoms with van der Waals surface area (Å²) in [6.07, 6.45) is 1.32. The molecule has 4 aromatic rings. The molecule has 2 heterocycles. The van der Waals surface area contributed by atoms with Crippen molar-refractivity contribution in [1.29, 1.82) is 0 Å². The van der Waals surface area contributed by atoms with Gasteiger partial charge in [-0.25, -0.2) is 4.98 Å². The van der Waals surface area contributed by atoms with Gasteiger partial charge in [0.25, 0.3) is 5.56 Å². The molecule has 2 aromatic heterocycles. The molecule has 0 saturated carbocycles. The molecular weight excluding hydrogens is 376 g/mol. The Kier molecular flexibility index (Phi) is 5.15. The summed E-state index contributed by atoms with van der Waals surface area (Å²) in [6.45, 7) is -0.0187. The summed E-state index contributed by atoms with van der Waals surface area (Å²) >= 11 is 0. The van der Waals surface area contributed by atoms with E-state index in [0.717, 1.165) is 15.7 Å². The molecule has 0 aliphatic heterocycles. The number of rotatable bonds is 7. The normalized spacial score (nSPS) is 10.9. The zero-order valence-corrected chi connectivity index (χ0v) is 15.7. The van der Waals surface area contributed by atoms with Gasteiger partial charge in [0.15, 0.2) is 0 Å². The van der Waals surface area contributed by atoms with Crippen LogP contribution in [0, 0.1) is 0 Å². The molecule has 0 unspecified atom stereocenters. The third-order valence-electron chi connectivity index (χ3n) is 4.32. The Morgan fingerprint density at radius 1 is 1.07 bits per heavy atom. The molecule has 0 aliphatic rings. The van der Waals surface area contributed by atoms with Crippen LogP contribution >= 0.6 is 0 Å². The fraction of sp³-hybridized carbons (Fsp3) is 0.190. The molecule has 0 N–H and O–H groups in total. The lowest BCUT2D eigenvalue weighted by atomic mass is 10.2. The number of carbonyl (C=O) groups excluding carboxylic acids is 1. The van der Waals surface area contributed by atoms with Crippen LogP contribution in [0.2, 0.25) is 0 Å². The van der Waals surface area contributed by atoms with Crippen LogP contribution in [-0.2, 0) is 16.1 Å². The number of hydrogen-bond acceptors (Lipinski definition) is 7. The molecule has 0 radical (unpaired) electrons. The Morgan fingerprint density at radius 2 is 1.83 bits per heavy atom. The number of esters is 1. The van der Waals surface area contributed by atoms with Crippen LogP contribution in [-0.4, -0.2) is 35.8 Å². The monoisotopic (exact) mass is 394 g/mol. The van der Waals surface area contributed by atoms with E-state index in [-0.39, 0.29) is 25.3 Å². The Hall–Kier alpha value is -3.81. The second kappa shape index (κ2) is 8.05. The number of benzene rings is 2. The predicted octanol–water partition coefficient (Wildman–Crippen LogP) is 2.77. The zero-order chi connectivity index (χ0) is 20.2. The van der Waals surface area contributed by atoms with Crippen molar-refractivity contribution in [1.82, 2.24) is 9.55 Å². The largest absolute Gasteiger partial charge is 0.497 e. The van der Waals surface area contributed by atoms with Crippen LogP contribution < -0.4 is 15.0 Å². The maximum atomic E-state index is 12.6. The van der Waals surface area contributed by atoms with E-state index < -0.39 is 11.5 Å². The summed E-state index contributed by atoms with van der Waals surface area (Å²) < 4.78 is 22.5. The van der Waals surface area contributed by atoms with Crippen LogP contribution in [0.25, 0.3) is 22.1 Å². The number of carbonyl (C=O) groups is 1. The Bertz CT molecular complexity index is 1210. The summed E-state index contributed by atoms with van der Waals surface area (Å²) in [4.78, 5) is 28.9. The van der Waals surface area contributed by atoms with Gasteiger partial charge < -0.3 is 18.6 Å². The second-order valence-corrected chi connectivity index (χ2v) is 6.20. The van der Waals surface area contributed by atoms with Gasteiger partial charge >= 0.3 is 5.97 Å². The third-order valence-corrected chi connectivity index (χ3v) is 4.32. The van der Waals surface area contributed by atoms with Crippen LogP contribution in [0.15, 0.2) is 64.1 Å². The second-order valence-electron chi connectivity index (χ2n) is 6.20. The maximum absolute atomic E-state index is 12.6. The average molecular weight is 394 g/mol. The SMILES string of the molecule is COc1ccc(OCCOC(=O)Cn2cnc3c(oc4ccccc43)c2=O)cc1. The first kappa shape index (κ1) is 18.5. The molecule has 0 amide bonds. The van der Waals surface area contributed by atoms with Gasteiger partial charge in [0.05, 0.1) is 13.4 Å². The minimum absolute atomic E-state index is 0.0555. The summed E-state index contributed by atoms with van der Waals surface area (Å²) in [5, 5.41) is 0.755. The Morgan fingerprint density at radius 3 is 2.62 bits per heavy atom. The molecule has 4 rings (SSSR count). The fourth-order valence-corrected chi connectivity index (χ4v) is 2.90. The van der Waals surface area contributed by atoms with E-state index in [2.05, 4.69) is 4.98 Å². The van der Waals surface area contributed by atoms with Gasteiger partial charge in [0.1, 0.15) is 42.4 Å². The molecule has 0 spiro atoms. The van der Waals surface area contributed by atoms with Crippen LogP contribution in [0.3, 0.4) is 0 Å². The fourth-order valence-electron chi connectivity index (χ4n) is 2.90. The smallest absolute Gasteiger partial charge is 0.326 e. The van der Waals surface area contributed by atoms with Crippen molar-refractivity contribution in [2.45, 2.75) is 6.54 Å². The molecule has 0 saturated heterocycles. The number of nitrogens with zero attached hydrogens (tertiary/aromatic N) is 2. The number of hydrogen-bond donors (Lipinski definition) is 0. The van der Waals surface area contributed by atoms with Crippen molar-refractivity contribution in [2.75, 3.05) is 20.3 Å². The lowest BCUT2D eigenvalue weighted by Crippen LogP contribution is -2.26. The highest BCUT2D eigenvalue weighted by molar-refractivity contribution is 6.01. The van der Waals surface area contributed by atoms with Crippen molar-refractivity contribution >= 4 is 28.0 Å². The first-order valence-corrected chi connectivity index (χ1v) is 8.95. The topological polar surface area (TPSA) is 92.8 Å². The van der Waals surface area contributed by atoms with E-state index in [1.807, 2.05) is 18.2 Å². The zero-order valence-electron chi connectivity index (χ0n) is 15.7. The van der Waals surface area contributed by atoms with E-state index in [0.29, 0.717) is 16.8 Å². The number of furan rings is 1. The highest BCUT2D eigenvalue weighted by atomic mass is 16.6. The molecule has 0 aliphatic carbocycles. The molecule has 8 nitrogen and oxygen atoms in total. The summed E-state index contributed by atoms with van der Waals surface area (Å²) in [5.41, 5.74) is 0.730. The predicted molar refractivity (Wildman–Crippen MR) is 105 cm³/mol. The molecule has 2 aromatic carbocycles. The highest BCUT2D eigenvalue weighted by Crippen LogP contribution is 2.24. The number of ether oxygens (including phenoxy) is 3. The lowest BCUT2D eigenvalue weighted by Gasteiger charge is -2.08. The first-order valence-electron chi connectivity index (χ1n) is 8.95. The van der Waals surface area contributed by atoms with Crippen molar-refractivity contribution in [3.05, 3.63) is 65.2 Å². The highest BCUT2D eigenvalue weighted by Gasteiger charge is 2.15. The van der Waals surface area contributed by atoms with Gasteiger partial charge in [-0.3, -0.25) is 14.2 Å². The minimum Gasteiger partial charge on any atom is -0.497 e. The minimum atomic E-state index is -0.567. The van der Waals surface area contributed by atoms with E-state index in [1.54, 1.807) is 37.4 Å². The Balaban J connectivity index is 1.35. The maximum Gasteiger partial charge on any atom is 0.326 e. The third kappa shape index (κ3) is 3.91. The molecule has 148 valence electrons. The summed E-state index contributed by atoms with van der Waals surface area (Å²) in [6, 6.07) is 14.3. The molecule has 0 bridgehead atoms. The standard InChI is InChI=1S/C21H18N2O6/c1-26-14-6-8-15(9-7-14)27-10-11-28-18(24)12-23-13-22-19-16-4-2-3-5-17(16)29-20(19)21(23)25/h2-9,13H,10-12H2,1H3. The van der Waals surface area contributed by atoms with Crippen molar-refractivity contribution in [3.8, 4) is 11.5 Å². The van der Waals surface area contributed by atoms with Gasteiger partial charge in [0, 0.05) is 5.39 Å². The van der Waals surface area contributed by atoms with E-state index in [9.17, 15) is 9.59 Å². The van der Waals surface area contributed by atoms with Crippen LogP contribution in [0.4, 0.5) is 0 Å².